The molecule has 1 aromatic heterocycles. The maximum absolute atomic E-state index is 13.1. The number of carbonyl (C=O) groups excluding carboxylic acids is 1. The Balaban J connectivity index is 1.58. The van der Waals surface area contributed by atoms with E-state index in [9.17, 15) is 4.79 Å². The van der Waals surface area contributed by atoms with E-state index in [1.807, 2.05) is 47.4 Å². The molecule has 1 N–H and O–H groups in total. The predicted octanol–water partition coefficient (Wildman–Crippen LogP) is 5.70. The van der Waals surface area contributed by atoms with E-state index in [4.69, 9.17) is 9.97 Å². The molecule has 2 amide bonds. The Labute approximate surface area is 196 Å². The minimum atomic E-state index is -0.0887. The molecule has 1 aliphatic heterocycles. The number of hydrogen-bond acceptors (Lipinski definition) is 4. The smallest absolute Gasteiger partial charge is 0.322 e. The molecular weight excluding hydrogens is 410 g/mol. The second-order valence-corrected chi connectivity index (χ2v) is 8.96. The molecule has 2 heterocycles. The van der Waals surface area contributed by atoms with Crippen LogP contribution in [0.4, 0.5) is 16.3 Å². The third-order valence-electron chi connectivity index (χ3n) is 6.11. The Hall–Kier alpha value is -3.41. The molecule has 6 heteroatoms. The molecule has 0 radical (unpaired) electrons. The van der Waals surface area contributed by atoms with E-state index in [1.165, 1.54) is 5.56 Å². The number of fused-ring (bicyclic) bond motifs is 1. The number of hydrogen-bond donors (Lipinski definition) is 1. The van der Waals surface area contributed by atoms with Gasteiger partial charge in [0.25, 0.3) is 0 Å². The van der Waals surface area contributed by atoms with Crippen LogP contribution in [0.5, 0.6) is 0 Å². The maximum Gasteiger partial charge on any atom is 0.322 e. The molecule has 0 spiro atoms. The van der Waals surface area contributed by atoms with Gasteiger partial charge in [0.15, 0.2) is 5.82 Å². The summed E-state index contributed by atoms with van der Waals surface area (Å²) in [6, 6.07) is 18.1. The van der Waals surface area contributed by atoms with Crippen LogP contribution in [0.15, 0.2) is 54.6 Å². The number of urea groups is 1. The van der Waals surface area contributed by atoms with Crippen molar-refractivity contribution in [3.8, 4) is 11.4 Å². The van der Waals surface area contributed by atoms with Gasteiger partial charge in [0.1, 0.15) is 5.82 Å². The zero-order valence-corrected chi connectivity index (χ0v) is 20.0. The number of aromatic nitrogens is 2. The highest BCUT2D eigenvalue weighted by molar-refractivity contribution is 5.89. The van der Waals surface area contributed by atoms with E-state index in [0.717, 1.165) is 47.1 Å². The quantitative estimate of drug-likeness (QED) is 0.531. The standard InChI is InChI=1S/C27H33N5O/c1-5-16-31(4)26-23-18-32(27(33)28-22-13-11-20(12-14-22)19(2)3)17-15-24(23)29-25(30-26)21-9-7-6-8-10-21/h6-14,19H,5,15-18H2,1-4H3,(H,28,33). The van der Waals surface area contributed by atoms with Crippen molar-refractivity contribution in [1.82, 2.24) is 14.9 Å². The van der Waals surface area contributed by atoms with E-state index in [1.54, 1.807) is 0 Å². The number of benzene rings is 2. The largest absolute Gasteiger partial charge is 0.359 e. The van der Waals surface area contributed by atoms with Gasteiger partial charge in [-0.05, 0) is 30.0 Å². The first kappa shape index (κ1) is 22.8. The van der Waals surface area contributed by atoms with E-state index in [-0.39, 0.29) is 6.03 Å². The van der Waals surface area contributed by atoms with Crippen LogP contribution >= 0.6 is 0 Å². The third-order valence-corrected chi connectivity index (χ3v) is 6.11. The first-order valence-electron chi connectivity index (χ1n) is 11.8. The summed E-state index contributed by atoms with van der Waals surface area (Å²) in [4.78, 5) is 26.9. The Morgan fingerprint density at radius 3 is 2.48 bits per heavy atom. The van der Waals surface area contributed by atoms with Crippen molar-refractivity contribution < 1.29 is 4.79 Å². The van der Waals surface area contributed by atoms with E-state index in [0.29, 0.717) is 25.4 Å². The van der Waals surface area contributed by atoms with Gasteiger partial charge in [0.05, 0.1) is 12.2 Å². The van der Waals surface area contributed by atoms with Crippen LogP contribution in [0.2, 0.25) is 0 Å². The second-order valence-electron chi connectivity index (χ2n) is 8.96. The summed E-state index contributed by atoms with van der Waals surface area (Å²) in [5, 5.41) is 3.05. The lowest BCUT2D eigenvalue weighted by atomic mass is 10.0. The number of nitrogens with zero attached hydrogens (tertiary/aromatic N) is 4. The van der Waals surface area contributed by atoms with Crippen molar-refractivity contribution in [2.45, 2.75) is 46.1 Å². The second kappa shape index (κ2) is 10.0. The maximum atomic E-state index is 13.1. The van der Waals surface area contributed by atoms with Gasteiger partial charge in [0, 0.05) is 43.4 Å². The lowest BCUT2D eigenvalue weighted by molar-refractivity contribution is 0.206. The van der Waals surface area contributed by atoms with Crippen LogP contribution in [0.3, 0.4) is 0 Å². The topological polar surface area (TPSA) is 61.4 Å². The molecule has 3 aromatic rings. The minimum absolute atomic E-state index is 0.0887. The highest BCUT2D eigenvalue weighted by Gasteiger charge is 2.27. The molecule has 172 valence electrons. The van der Waals surface area contributed by atoms with Crippen molar-refractivity contribution in [1.29, 1.82) is 0 Å². The molecule has 2 aromatic carbocycles. The third kappa shape index (κ3) is 5.16. The zero-order chi connectivity index (χ0) is 23.4. The summed E-state index contributed by atoms with van der Waals surface area (Å²) < 4.78 is 0. The number of amides is 2. The molecule has 0 saturated carbocycles. The van der Waals surface area contributed by atoms with E-state index >= 15 is 0 Å². The normalized spacial score (nSPS) is 13.1. The predicted molar refractivity (Wildman–Crippen MR) is 135 cm³/mol. The van der Waals surface area contributed by atoms with Crippen LogP contribution < -0.4 is 10.2 Å². The van der Waals surface area contributed by atoms with Gasteiger partial charge in [-0.3, -0.25) is 0 Å². The number of rotatable bonds is 6. The highest BCUT2D eigenvalue weighted by Crippen LogP contribution is 2.29. The fourth-order valence-electron chi connectivity index (χ4n) is 4.20. The van der Waals surface area contributed by atoms with Gasteiger partial charge < -0.3 is 15.1 Å². The highest BCUT2D eigenvalue weighted by atomic mass is 16.2. The molecule has 1 aliphatic rings. The Kier molecular flexibility index (Phi) is 6.92. The van der Waals surface area contributed by atoms with Crippen molar-refractivity contribution >= 4 is 17.5 Å². The molecule has 0 saturated heterocycles. The minimum Gasteiger partial charge on any atom is -0.359 e. The lowest BCUT2D eigenvalue weighted by Gasteiger charge is -2.32. The molecule has 0 bridgehead atoms. The average Bonchev–Trinajstić information content (AvgIpc) is 2.84. The molecule has 0 fully saturated rings. The average molecular weight is 444 g/mol. The Morgan fingerprint density at radius 2 is 1.82 bits per heavy atom. The first-order valence-corrected chi connectivity index (χ1v) is 11.8. The van der Waals surface area contributed by atoms with Gasteiger partial charge in [0.2, 0.25) is 0 Å². The summed E-state index contributed by atoms with van der Waals surface area (Å²) in [7, 11) is 2.07. The molecular formula is C27H33N5O. The number of carbonyl (C=O) groups is 1. The molecule has 0 atom stereocenters. The van der Waals surface area contributed by atoms with Crippen LogP contribution in [0, 0.1) is 0 Å². The van der Waals surface area contributed by atoms with Gasteiger partial charge in [-0.25, -0.2) is 14.8 Å². The molecule has 4 rings (SSSR count). The fourth-order valence-corrected chi connectivity index (χ4v) is 4.20. The van der Waals surface area contributed by atoms with Crippen LogP contribution in [0.25, 0.3) is 11.4 Å². The summed E-state index contributed by atoms with van der Waals surface area (Å²) in [5.41, 5.74) is 5.16. The van der Waals surface area contributed by atoms with Crippen molar-refractivity contribution in [2.24, 2.45) is 0 Å². The van der Waals surface area contributed by atoms with Gasteiger partial charge in [-0.15, -0.1) is 0 Å². The fraction of sp³-hybridized carbons (Fsp3) is 0.370. The molecule has 0 unspecified atom stereocenters. The van der Waals surface area contributed by atoms with Crippen molar-refractivity contribution in [3.05, 3.63) is 71.4 Å². The van der Waals surface area contributed by atoms with Gasteiger partial charge in [-0.2, -0.15) is 0 Å². The lowest BCUT2D eigenvalue weighted by Crippen LogP contribution is -2.40. The first-order chi connectivity index (χ1) is 16.0. The molecule has 33 heavy (non-hydrogen) atoms. The molecule has 0 aliphatic carbocycles. The van der Waals surface area contributed by atoms with Crippen LogP contribution in [-0.2, 0) is 13.0 Å². The van der Waals surface area contributed by atoms with Crippen LogP contribution in [-0.4, -0.2) is 41.0 Å². The zero-order valence-electron chi connectivity index (χ0n) is 20.0. The Bertz CT molecular complexity index is 1100. The van der Waals surface area contributed by atoms with E-state index in [2.05, 4.69) is 50.2 Å². The van der Waals surface area contributed by atoms with Crippen molar-refractivity contribution in [2.75, 3.05) is 30.4 Å². The number of nitrogens with one attached hydrogen (secondary N) is 1. The number of anilines is 2. The summed E-state index contributed by atoms with van der Waals surface area (Å²) in [6.07, 6.45) is 1.73. The summed E-state index contributed by atoms with van der Waals surface area (Å²) in [5.74, 6) is 2.13. The molecule has 6 nitrogen and oxygen atoms in total. The van der Waals surface area contributed by atoms with E-state index < -0.39 is 0 Å². The summed E-state index contributed by atoms with van der Waals surface area (Å²) in [6.45, 7) is 8.52. The van der Waals surface area contributed by atoms with Crippen LogP contribution in [0.1, 0.15) is 49.9 Å². The summed E-state index contributed by atoms with van der Waals surface area (Å²) >= 11 is 0. The monoisotopic (exact) mass is 443 g/mol. The van der Waals surface area contributed by atoms with Gasteiger partial charge >= 0.3 is 6.03 Å². The van der Waals surface area contributed by atoms with Gasteiger partial charge in [-0.1, -0.05) is 63.2 Å². The Morgan fingerprint density at radius 1 is 1.09 bits per heavy atom. The SMILES string of the molecule is CCCN(C)c1nc(-c2ccccc2)nc2c1CN(C(=O)Nc1ccc(C(C)C)cc1)CC2. The van der Waals surface area contributed by atoms with Crippen molar-refractivity contribution in [3.63, 3.8) is 0 Å².